The Morgan fingerprint density at radius 2 is 1.84 bits per heavy atom. The van der Waals surface area contributed by atoms with Crippen LogP contribution in [0.15, 0.2) is 18.2 Å². The fourth-order valence-corrected chi connectivity index (χ4v) is 2.29. The highest BCUT2D eigenvalue weighted by atomic mass is 16.2. The molecular weight excluding hydrogens is 242 g/mol. The van der Waals surface area contributed by atoms with Gasteiger partial charge in [0.25, 0.3) is 0 Å². The Bertz CT molecular complexity index is 579. The van der Waals surface area contributed by atoms with E-state index in [0.717, 1.165) is 4.90 Å². The smallest absolute Gasteiger partial charge is 0.234 e. The predicted molar refractivity (Wildman–Crippen MR) is 71.1 cm³/mol. The molecule has 0 radical (unpaired) electrons. The highest BCUT2D eigenvalue weighted by molar-refractivity contribution is 6.17. The average Bonchev–Trinajstić information content (AvgIpc) is 2.28. The minimum Gasteiger partial charge on any atom is -0.399 e. The first-order valence-electron chi connectivity index (χ1n) is 5.99. The van der Waals surface area contributed by atoms with Crippen molar-refractivity contribution in [2.75, 3.05) is 10.6 Å². The van der Waals surface area contributed by atoms with Crippen molar-refractivity contribution in [3.05, 3.63) is 23.8 Å². The Hall–Kier alpha value is -2.35. The van der Waals surface area contributed by atoms with Gasteiger partial charge in [-0.15, -0.1) is 0 Å². The molecule has 1 aromatic rings. The maximum absolute atomic E-state index is 12.1. The van der Waals surface area contributed by atoms with E-state index in [1.54, 1.807) is 12.1 Å². The fraction of sp³-hybridized carbons (Fsp3) is 0.357. The summed E-state index contributed by atoms with van der Waals surface area (Å²) in [6, 6.07) is 6.56. The third-order valence-electron chi connectivity index (χ3n) is 3.14. The molecule has 0 aliphatic carbocycles. The number of hydrogen-bond donors (Lipinski definition) is 1. The van der Waals surface area contributed by atoms with Crippen LogP contribution in [0.4, 0.5) is 11.4 Å². The van der Waals surface area contributed by atoms with Gasteiger partial charge < -0.3 is 5.73 Å². The van der Waals surface area contributed by atoms with Crippen molar-refractivity contribution in [2.24, 2.45) is 5.41 Å². The molecule has 1 heterocycles. The van der Waals surface area contributed by atoms with Gasteiger partial charge in [-0.25, -0.2) is 4.90 Å². The Morgan fingerprint density at radius 3 is 2.37 bits per heavy atom. The number of carbonyl (C=O) groups excluding carboxylic acids is 2. The molecule has 0 unspecified atom stereocenters. The minimum absolute atomic E-state index is 0.237. The molecule has 0 saturated carbocycles. The number of anilines is 2. The topological polar surface area (TPSA) is 87.2 Å². The van der Waals surface area contributed by atoms with E-state index in [4.69, 9.17) is 11.0 Å². The molecule has 5 heteroatoms. The van der Waals surface area contributed by atoms with E-state index >= 15 is 0 Å². The van der Waals surface area contributed by atoms with Crippen LogP contribution in [0.1, 0.15) is 32.3 Å². The lowest BCUT2D eigenvalue weighted by Crippen LogP contribution is -2.46. The van der Waals surface area contributed by atoms with Gasteiger partial charge >= 0.3 is 0 Å². The van der Waals surface area contributed by atoms with Gasteiger partial charge in [-0.2, -0.15) is 5.26 Å². The lowest BCUT2D eigenvalue weighted by atomic mass is 9.81. The van der Waals surface area contributed by atoms with Crippen molar-refractivity contribution in [3.63, 3.8) is 0 Å². The summed E-state index contributed by atoms with van der Waals surface area (Å²) in [5.74, 6) is -0.551. The normalized spacial score (nSPS) is 18.3. The average molecular weight is 257 g/mol. The van der Waals surface area contributed by atoms with Gasteiger partial charge in [0.05, 0.1) is 11.3 Å². The molecule has 1 aliphatic heterocycles. The molecule has 5 nitrogen and oxygen atoms in total. The number of amides is 2. The van der Waals surface area contributed by atoms with Crippen molar-refractivity contribution in [1.29, 1.82) is 5.26 Å². The van der Waals surface area contributed by atoms with Gasteiger partial charge in [-0.05, 0) is 23.6 Å². The molecule has 0 atom stereocenters. The van der Waals surface area contributed by atoms with Gasteiger partial charge in [-0.3, -0.25) is 9.59 Å². The predicted octanol–water partition coefficient (Wildman–Crippen LogP) is 1.82. The molecule has 2 rings (SSSR count). The SMILES string of the molecule is CC1(C)CC(=O)N(c2ccc(N)cc2C#N)C(=O)C1. The van der Waals surface area contributed by atoms with Gasteiger partial charge in [0.1, 0.15) is 6.07 Å². The third-order valence-corrected chi connectivity index (χ3v) is 3.14. The van der Waals surface area contributed by atoms with E-state index in [1.807, 2.05) is 19.9 Å². The fourth-order valence-electron chi connectivity index (χ4n) is 2.29. The molecule has 1 saturated heterocycles. The summed E-state index contributed by atoms with van der Waals surface area (Å²) in [6.07, 6.45) is 0.571. The van der Waals surface area contributed by atoms with Gasteiger partial charge in [0, 0.05) is 18.5 Å². The molecule has 19 heavy (non-hydrogen) atoms. The summed E-state index contributed by atoms with van der Waals surface area (Å²) < 4.78 is 0. The molecule has 1 aliphatic rings. The molecular formula is C14H15N3O2. The van der Waals surface area contributed by atoms with Crippen molar-refractivity contribution in [1.82, 2.24) is 0 Å². The lowest BCUT2D eigenvalue weighted by Gasteiger charge is -2.34. The van der Waals surface area contributed by atoms with Crippen molar-refractivity contribution in [2.45, 2.75) is 26.7 Å². The number of piperidine rings is 1. The summed E-state index contributed by atoms with van der Waals surface area (Å²) in [5.41, 5.74) is 6.26. The molecule has 1 fully saturated rings. The van der Waals surface area contributed by atoms with Crippen LogP contribution in [0, 0.1) is 16.7 Å². The van der Waals surface area contributed by atoms with E-state index in [9.17, 15) is 9.59 Å². The molecule has 0 spiro atoms. The molecule has 2 N–H and O–H groups in total. The Morgan fingerprint density at radius 1 is 1.26 bits per heavy atom. The number of nitrogen functional groups attached to an aromatic ring is 1. The van der Waals surface area contributed by atoms with Crippen LogP contribution in [0.5, 0.6) is 0 Å². The third kappa shape index (κ3) is 2.43. The number of nitriles is 1. The number of imide groups is 1. The van der Waals surface area contributed by atoms with Crippen LogP contribution in [0.25, 0.3) is 0 Å². The first-order valence-corrected chi connectivity index (χ1v) is 5.99. The molecule has 1 aromatic carbocycles. The first kappa shape index (κ1) is 13.1. The second-order valence-corrected chi connectivity index (χ2v) is 5.53. The van der Waals surface area contributed by atoms with Crippen LogP contribution in [-0.2, 0) is 9.59 Å². The maximum atomic E-state index is 12.1. The maximum Gasteiger partial charge on any atom is 0.234 e. The molecule has 0 aromatic heterocycles. The van der Waals surface area contributed by atoms with Crippen molar-refractivity contribution < 1.29 is 9.59 Å². The van der Waals surface area contributed by atoms with Crippen LogP contribution in [0.3, 0.4) is 0 Å². The largest absolute Gasteiger partial charge is 0.399 e. The summed E-state index contributed by atoms with van der Waals surface area (Å²) >= 11 is 0. The first-order chi connectivity index (χ1) is 8.84. The lowest BCUT2D eigenvalue weighted by molar-refractivity contribution is -0.132. The van der Waals surface area contributed by atoms with Crippen molar-refractivity contribution in [3.8, 4) is 6.07 Å². The zero-order chi connectivity index (χ0) is 14.2. The summed E-state index contributed by atoms with van der Waals surface area (Å²) in [6.45, 7) is 3.77. The van der Waals surface area contributed by atoms with Gasteiger partial charge in [0.15, 0.2) is 0 Å². The number of benzene rings is 1. The number of nitrogens with zero attached hydrogens (tertiary/aromatic N) is 2. The zero-order valence-corrected chi connectivity index (χ0v) is 10.9. The van der Waals surface area contributed by atoms with Gasteiger partial charge in [-0.1, -0.05) is 13.8 Å². The Kier molecular flexibility index (Phi) is 3.03. The van der Waals surface area contributed by atoms with Gasteiger partial charge in [0.2, 0.25) is 11.8 Å². The number of rotatable bonds is 1. The number of carbonyl (C=O) groups is 2. The second kappa shape index (κ2) is 4.39. The minimum atomic E-state index is -0.328. The van der Waals surface area contributed by atoms with Crippen LogP contribution >= 0.6 is 0 Å². The van der Waals surface area contributed by atoms with E-state index in [2.05, 4.69) is 0 Å². The van der Waals surface area contributed by atoms with Crippen molar-refractivity contribution >= 4 is 23.2 Å². The van der Waals surface area contributed by atoms with E-state index in [-0.39, 0.29) is 35.6 Å². The zero-order valence-electron chi connectivity index (χ0n) is 10.9. The molecule has 98 valence electrons. The monoisotopic (exact) mass is 257 g/mol. The highest BCUT2D eigenvalue weighted by Crippen LogP contribution is 2.35. The molecule has 2 amide bonds. The highest BCUT2D eigenvalue weighted by Gasteiger charge is 2.38. The van der Waals surface area contributed by atoms with E-state index in [0.29, 0.717) is 11.4 Å². The van der Waals surface area contributed by atoms with Crippen LogP contribution in [-0.4, -0.2) is 11.8 Å². The van der Waals surface area contributed by atoms with E-state index < -0.39 is 0 Å². The second-order valence-electron chi connectivity index (χ2n) is 5.53. The standard InChI is InChI=1S/C14H15N3O2/c1-14(2)6-12(18)17(13(19)7-14)11-4-3-10(16)5-9(11)8-15/h3-5H,6-7,16H2,1-2H3. The summed E-state index contributed by atoms with van der Waals surface area (Å²) in [5, 5.41) is 9.09. The number of hydrogen-bond acceptors (Lipinski definition) is 4. The number of nitrogens with two attached hydrogens (primary N) is 1. The Labute approximate surface area is 111 Å². The van der Waals surface area contributed by atoms with Crippen LogP contribution in [0.2, 0.25) is 0 Å². The summed E-state index contributed by atoms with van der Waals surface area (Å²) in [7, 11) is 0. The Balaban J connectivity index is 2.46. The quantitative estimate of drug-likeness (QED) is 0.614. The van der Waals surface area contributed by atoms with Crippen LogP contribution < -0.4 is 10.6 Å². The molecule has 0 bridgehead atoms. The summed E-state index contributed by atoms with van der Waals surface area (Å²) in [4.78, 5) is 25.4. The van der Waals surface area contributed by atoms with E-state index in [1.165, 1.54) is 6.07 Å².